The van der Waals surface area contributed by atoms with Gasteiger partial charge in [0.2, 0.25) is 0 Å². The maximum atomic E-state index is 5.37. The zero-order valence-electron chi connectivity index (χ0n) is 9.55. The van der Waals surface area contributed by atoms with Gasteiger partial charge < -0.3 is 15.4 Å². The fraction of sp³-hybridized carbons (Fsp3) is 0.500. The topological polar surface area (TPSA) is 33.3 Å². The van der Waals surface area contributed by atoms with Crippen molar-refractivity contribution in [3.05, 3.63) is 29.8 Å². The monoisotopic (exact) mass is 208 g/mol. The molecule has 0 heterocycles. The van der Waals surface area contributed by atoms with Crippen molar-refractivity contribution in [2.24, 2.45) is 0 Å². The molecule has 0 unspecified atom stereocenters. The second-order valence-corrected chi connectivity index (χ2v) is 3.36. The molecule has 0 aromatic heterocycles. The molecule has 0 fully saturated rings. The molecule has 0 amide bonds. The number of nitrogens with one attached hydrogen (secondary N) is 2. The van der Waals surface area contributed by atoms with Gasteiger partial charge in [0.15, 0.2) is 0 Å². The van der Waals surface area contributed by atoms with Crippen LogP contribution in [0.25, 0.3) is 0 Å². The van der Waals surface area contributed by atoms with Crippen LogP contribution in [0.1, 0.15) is 12.5 Å². The molecule has 0 aliphatic carbocycles. The van der Waals surface area contributed by atoms with Gasteiger partial charge in [-0.15, -0.1) is 0 Å². The number of likely N-dealkylation sites (N-methyl/N-ethyl adjacent to an activating group) is 1. The molecule has 0 bridgehead atoms. The van der Waals surface area contributed by atoms with Crippen LogP contribution in [0.15, 0.2) is 24.3 Å². The Bertz CT molecular complexity index is 259. The maximum Gasteiger partial charge on any atom is 0.119 e. The largest absolute Gasteiger partial charge is 0.494 e. The van der Waals surface area contributed by atoms with Crippen LogP contribution in [0, 0.1) is 0 Å². The van der Waals surface area contributed by atoms with E-state index in [1.807, 2.05) is 26.1 Å². The molecule has 15 heavy (non-hydrogen) atoms. The van der Waals surface area contributed by atoms with E-state index in [0.29, 0.717) is 0 Å². The van der Waals surface area contributed by atoms with Crippen LogP contribution in [0.5, 0.6) is 5.75 Å². The summed E-state index contributed by atoms with van der Waals surface area (Å²) in [6.45, 7) is 5.61. The van der Waals surface area contributed by atoms with Crippen molar-refractivity contribution in [3.8, 4) is 5.75 Å². The van der Waals surface area contributed by atoms with Crippen molar-refractivity contribution in [3.63, 3.8) is 0 Å². The molecule has 1 aromatic rings. The summed E-state index contributed by atoms with van der Waals surface area (Å²) < 4.78 is 5.37. The molecule has 0 spiro atoms. The van der Waals surface area contributed by atoms with Gasteiger partial charge in [-0.05, 0) is 31.7 Å². The van der Waals surface area contributed by atoms with Gasteiger partial charge in [0.1, 0.15) is 5.75 Å². The highest BCUT2D eigenvalue weighted by molar-refractivity contribution is 5.27. The van der Waals surface area contributed by atoms with Gasteiger partial charge in [-0.3, -0.25) is 0 Å². The van der Waals surface area contributed by atoms with E-state index < -0.39 is 0 Å². The summed E-state index contributed by atoms with van der Waals surface area (Å²) in [5.41, 5.74) is 1.29. The van der Waals surface area contributed by atoms with Crippen LogP contribution < -0.4 is 15.4 Å². The van der Waals surface area contributed by atoms with Crippen LogP contribution in [0.2, 0.25) is 0 Å². The Hall–Kier alpha value is -1.06. The highest BCUT2D eigenvalue weighted by Crippen LogP contribution is 2.11. The SMILES string of the molecule is CCOc1ccc(CNCCNC)cc1. The summed E-state index contributed by atoms with van der Waals surface area (Å²) in [4.78, 5) is 0. The molecule has 3 heteroatoms. The Balaban J connectivity index is 2.29. The Morgan fingerprint density at radius 2 is 1.87 bits per heavy atom. The normalized spacial score (nSPS) is 10.3. The lowest BCUT2D eigenvalue weighted by Crippen LogP contribution is -2.24. The number of ether oxygens (including phenoxy) is 1. The molecule has 0 aliphatic rings. The second-order valence-electron chi connectivity index (χ2n) is 3.36. The first-order chi connectivity index (χ1) is 7.36. The van der Waals surface area contributed by atoms with Crippen LogP contribution >= 0.6 is 0 Å². The quantitative estimate of drug-likeness (QED) is 0.664. The van der Waals surface area contributed by atoms with E-state index >= 15 is 0 Å². The minimum atomic E-state index is 0.722. The van der Waals surface area contributed by atoms with E-state index in [2.05, 4.69) is 22.8 Å². The van der Waals surface area contributed by atoms with Gasteiger partial charge >= 0.3 is 0 Å². The third-order valence-corrected chi connectivity index (χ3v) is 2.12. The zero-order chi connectivity index (χ0) is 10.9. The Kier molecular flexibility index (Phi) is 5.81. The van der Waals surface area contributed by atoms with Gasteiger partial charge in [0.25, 0.3) is 0 Å². The van der Waals surface area contributed by atoms with Crippen molar-refractivity contribution in [2.45, 2.75) is 13.5 Å². The van der Waals surface area contributed by atoms with Gasteiger partial charge in [-0.2, -0.15) is 0 Å². The molecule has 84 valence electrons. The smallest absolute Gasteiger partial charge is 0.119 e. The predicted molar refractivity (Wildman–Crippen MR) is 63.2 cm³/mol. The molecule has 0 aliphatic heterocycles. The fourth-order valence-corrected chi connectivity index (χ4v) is 1.32. The van der Waals surface area contributed by atoms with Gasteiger partial charge in [0.05, 0.1) is 6.61 Å². The molecule has 1 rings (SSSR count). The highest BCUT2D eigenvalue weighted by Gasteiger charge is 1.94. The van der Waals surface area contributed by atoms with E-state index in [1.165, 1.54) is 5.56 Å². The lowest BCUT2D eigenvalue weighted by atomic mass is 10.2. The summed E-state index contributed by atoms with van der Waals surface area (Å²) >= 11 is 0. The number of benzene rings is 1. The Morgan fingerprint density at radius 1 is 1.13 bits per heavy atom. The van der Waals surface area contributed by atoms with Crippen molar-refractivity contribution >= 4 is 0 Å². The average Bonchev–Trinajstić information content (AvgIpc) is 2.27. The third kappa shape index (κ3) is 4.81. The van der Waals surface area contributed by atoms with Crippen LogP contribution in [0.4, 0.5) is 0 Å². The number of hydrogen-bond acceptors (Lipinski definition) is 3. The van der Waals surface area contributed by atoms with E-state index in [-0.39, 0.29) is 0 Å². The molecule has 3 nitrogen and oxygen atoms in total. The first-order valence-corrected chi connectivity index (χ1v) is 5.44. The minimum Gasteiger partial charge on any atom is -0.494 e. The molecular formula is C12H20N2O. The zero-order valence-corrected chi connectivity index (χ0v) is 9.55. The number of rotatable bonds is 7. The minimum absolute atomic E-state index is 0.722. The Morgan fingerprint density at radius 3 is 2.47 bits per heavy atom. The lowest BCUT2D eigenvalue weighted by molar-refractivity contribution is 0.340. The molecular weight excluding hydrogens is 188 g/mol. The van der Waals surface area contributed by atoms with Crippen LogP contribution in [0.3, 0.4) is 0 Å². The van der Waals surface area contributed by atoms with E-state index in [9.17, 15) is 0 Å². The Labute approximate surface area is 91.8 Å². The van der Waals surface area contributed by atoms with Crippen LogP contribution in [-0.2, 0) is 6.54 Å². The molecule has 1 aromatic carbocycles. The second kappa shape index (κ2) is 7.26. The van der Waals surface area contributed by atoms with Crippen molar-refractivity contribution < 1.29 is 4.74 Å². The average molecular weight is 208 g/mol. The highest BCUT2D eigenvalue weighted by atomic mass is 16.5. The van der Waals surface area contributed by atoms with Crippen molar-refractivity contribution in [1.29, 1.82) is 0 Å². The van der Waals surface area contributed by atoms with E-state index in [1.54, 1.807) is 0 Å². The van der Waals surface area contributed by atoms with Crippen LogP contribution in [-0.4, -0.2) is 26.7 Å². The molecule has 2 N–H and O–H groups in total. The van der Waals surface area contributed by atoms with E-state index in [0.717, 1.165) is 32.0 Å². The van der Waals surface area contributed by atoms with Gasteiger partial charge in [-0.25, -0.2) is 0 Å². The predicted octanol–water partition coefficient (Wildman–Crippen LogP) is 1.39. The van der Waals surface area contributed by atoms with Gasteiger partial charge in [-0.1, -0.05) is 12.1 Å². The lowest BCUT2D eigenvalue weighted by Gasteiger charge is -2.06. The maximum absolute atomic E-state index is 5.37. The first kappa shape index (κ1) is 12.0. The summed E-state index contributed by atoms with van der Waals surface area (Å²) in [6.07, 6.45) is 0. The van der Waals surface area contributed by atoms with Crippen molar-refractivity contribution in [1.82, 2.24) is 10.6 Å². The molecule has 0 radical (unpaired) electrons. The van der Waals surface area contributed by atoms with E-state index in [4.69, 9.17) is 4.74 Å². The summed E-state index contributed by atoms with van der Waals surface area (Å²) in [5.74, 6) is 0.941. The molecule has 0 saturated carbocycles. The number of hydrogen-bond donors (Lipinski definition) is 2. The fourth-order valence-electron chi connectivity index (χ4n) is 1.32. The van der Waals surface area contributed by atoms with Crippen molar-refractivity contribution in [2.75, 3.05) is 26.7 Å². The standard InChI is InChI=1S/C12H20N2O/c1-3-15-12-6-4-11(5-7-12)10-14-9-8-13-2/h4-7,13-14H,3,8-10H2,1-2H3. The summed E-state index contributed by atoms with van der Waals surface area (Å²) in [5, 5.41) is 6.45. The first-order valence-electron chi connectivity index (χ1n) is 5.44. The summed E-state index contributed by atoms with van der Waals surface area (Å²) in [7, 11) is 1.96. The molecule has 0 saturated heterocycles. The molecule has 0 atom stereocenters. The van der Waals surface area contributed by atoms with Gasteiger partial charge in [0, 0.05) is 19.6 Å². The third-order valence-electron chi connectivity index (χ3n) is 2.12. The summed E-state index contributed by atoms with van der Waals surface area (Å²) in [6, 6.07) is 8.21.